The maximum atomic E-state index is 11.4. The molecule has 1 aromatic carbocycles. The molecule has 3 aromatic rings. The van der Waals surface area contributed by atoms with Gasteiger partial charge in [0.1, 0.15) is 5.82 Å². The third kappa shape index (κ3) is 2.26. The number of rotatable bonds is 4. The number of aromatic nitrogens is 4. The summed E-state index contributed by atoms with van der Waals surface area (Å²) in [5.74, 6) is 0.604. The molecule has 0 unspecified atom stereocenters. The van der Waals surface area contributed by atoms with Gasteiger partial charge in [-0.3, -0.25) is 0 Å². The molecular weight excluding hydrogens is 256 g/mol. The molecule has 0 atom stereocenters. The third-order valence-corrected chi connectivity index (χ3v) is 3.07. The molecule has 2 aromatic heterocycles. The SMILES string of the molecule is NCc1ccccc1CNc1ccc2n[nH]c(=O)n2n1. The van der Waals surface area contributed by atoms with Crippen molar-refractivity contribution >= 4 is 11.5 Å². The van der Waals surface area contributed by atoms with E-state index in [0.29, 0.717) is 24.6 Å². The highest BCUT2D eigenvalue weighted by Crippen LogP contribution is 2.10. The molecule has 7 heteroatoms. The van der Waals surface area contributed by atoms with Gasteiger partial charge in [-0.2, -0.15) is 9.61 Å². The fourth-order valence-electron chi connectivity index (χ4n) is 2.01. The van der Waals surface area contributed by atoms with Gasteiger partial charge in [0.25, 0.3) is 0 Å². The maximum absolute atomic E-state index is 11.4. The Bertz CT molecular complexity index is 791. The van der Waals surface area contributed by atoms with Crippen molar-refractivity contribution in [2.75, 3.05) is 5.32 Å². The van der Waals surface area contributed by atoms with Crippen molar-refractivity contribution in [3.8, 4) is 0 Å². The molecule has 0 saturated heterocycles. The van der Waals surface area contributed by atoms with E-state index in [2.05, 4.69) is 20.6 Å². The second-order valence-electron chi connectivity index (χ2n) is 4.34. The smallest absolute Gasteiger partial charge is 0.364 e. The molecule has 4 N–H and O–H groups in total. The second kappa shape index (κ2) is 5.14. The molecule has 20 heavy (non-hydrogen) atoms. The van der Waals surface area contributed by atoms with Gasteiger partial charge in [-0.15, -0.1) is 5.10 Å². The van der Waals surface area contributed by atoms with Crippen LogP contribution in [0.5, 0.6) is 0 Å². The van der Waals surface area contributed by atoms with Gasteiger partial charge in [0, 0.05) is 13.1 Å². The number of nitrogens with one attached hydrogen (secondary N) is 2. The zero-order valence-electron chi connectivity index (χ0n) is 10.7. The second-order valence-corrected chi connectivity index (χ2v) is 4.34. The Balaban J connectivity index is 1.83. The van der Waals surface area contributed by atoms with Crippen LogP contribution >= 0.6 is 0 Å². The Labute approximate surface area is 114 Å². The van der Waals surface area contributed by atoms with Gasteiger partial charge in [-0.25, -0.2) is 9.89 Å². The van der Waals surface area contributed by atoms with Crippen molar-refractivity contribution in [1.29, 1.82) is 0 Å². The molecule has 0 aliphatic carbocycles. The molecule has 0 aliphatic heterocycles. The highest BCUT2D eigenvalue weighted by molar-refractivity contribution is 5.43. The molecule has 0 aliphatic rings. The van der Waals surface area contributed by atoms with Crippen LogP contribution in [0.15, 0.2) is 41.2 Å². The molecule has 2 heterocycles. The van der Waals surface area contributed by atoms with Crippen molar-refractivity contribution < 1.29 is 0 Å². The normalized spacial score (nSPS) is 10.8. The van der Waals surface area contributed by atoms with E-state index in [9.17, 15) is 4.79 Å². The monoisotopic (exact) mass is 270 g/mol. The summed E-state index contributed by atoms with van der Waals surface area (Å²) in [6.45, 7) is 1.09. The lowest BCUT2D eigenvalue weighted by Gasteiger charge is -2.09. The molecule has 0 fully saturated rings. The minimum Gasteiger partial charge on any atom is -0.365 e. The van der Waals surface area contributed by atoms with Gasteiger partial charge in [0.05, 0.1) is 0 Å². The van der Waals surface area contributed by atoms with Crippen LogP contribution in [0.4, 0.5) is 5.82 Å². The summed E-state index contributed by atoms with van der Waals surface area (Å²) in [6, 6.07) is 11.4. The van der Waals surface area contributed by atoms with Crippen LogP contribution in [-0.4, -0.2) is 19.8 Å². The van der Waals surface area contributed by atoms with Crippen molar-refractivity contribution in [1.82, 2.24) is 19.8 Å². The van der Waals surface area contributed by atoms with Crippen molar-refractivity contribution in [2.24, 2.45) is 5.73 Å². The lowest BCUT2D eigenvalue weighted by atomic mass is 10.1. The zero-order valence-corrected chi connectivity index (χ0v) is 10.7. The summed E-state index contributed by atoms with van der Waals surface area (Å²) in [4.78, 5) is 11.4. The molecule has 7 nitrogen and oxygen atoms in total. The maximum Gasteiger partial charge on any atom is 0.364 e. The number of H-pyrrole nitrogens is 1. The van der Waals surface area contributed by atoms with Crippen LogP contribution in [0, 0.1) is 0 Å². The van der Waals surface area contributed by atoms with Gasteiger partial charge < -0.3 is 11.1 Å². The van der Waals surface area contributed by atoms with Gasteiger partial charge in [0.2, 0.25) is 0 Å². The van der Waals surface area contributed by atoms with E-state index in [-0.39, 0.29) is 5.69 Å². The van der Waals surface area contributed by atoms with Crippen molar-refractivity contribution in [2.45, 2.75) is 13.1 Å². The Morgan fingerprint density at radius 3 is 2.80 bits per heavy atom. The number of nitrogens with two attached hydrogens (primary N) is 1. The first-order valence-electron chi connectivity index (χ1n) is 6.23. The predicted molar refractivity (Wildman–Crippen MR) is 75.3 cm³/mol. The molecule has 0 spiro atoms. The van der Waals surface area contributed by atoms with Gasteiger partial charge in [0.15, 0.2) is 5.65 Å². The van der Waals surface area contributed by atoms with Gasteiger partial charge in [-0.05, 0) is 23.3 Å². The Hall–Kier alpha value is -2.67. The van der Waals surface area contributed by atoms with Gasteiger partial charge >= 0.3 is 5.69 Å². The topological polar surface area (TPSA) is 101 Å². The summed E-state index contributed by atoms with van der Waals surface area (Å²) >= 11 is 0. The summed E-state index contributed by atoms with van der Waals surface area (Å²) in [5, 5.41) is 13.5. The minimum absolute atomic E-state index is 0.356. The minimum atomic E-state index is -0.356. The number of nitrogens with zero attached hydrogens (tertiary/aromatic N) is 3. The van der Waals surface area contributed by atoms with Crippen LogP contribution in [-0.2, 0) is 13.1 Å². The lowest BCUT2D eigenvalue weighted by Crippen LogP contribution is -2.14. The average Bonchev–Trinajstić information content (AvgIpc) is 2.86. The zero-order chi connectivity index (χ0) is 13.9. The van der Waals surface area contributed by atoms with Crippen LogP contribution in [0.3, 0.4) is 0 Å². The Kier molecular flexibility index (Phi) is 3.18. The van der Waals surface area contributed by atoms with Crippen molar-refractivity contribution in [3.63, 3.8) is 0 Å². The summed E-state index contributed by atoms with van der Waals surface area (Å²) < 4.78 is 1.22. The average molecular weight is 270 g/mol. The number of anilines is 1. The fraction of sp³-hybridized carbons (Fsp3) is 0.154. The van der Waals surface area contributed by atoms with Crippen LogP contribution in [0.1, 0.15) is 11.1 Å². The molecule has 102 valence electrons. The van der Waals surface area contributed by atoms with E-state index in [1.165, 1.54) is 4.52 Å². The van der Waals surface area contributed by atoms with Crippen LogP contribution in [0.25, 0.3) is 5.65 Å². The Morgan fingerprint density at radius 1 is 1.20 bits per heavy atom. The lowest BCUT2D eigenvalue weighted by molar-refractivity contribution is 0.873. The third-order valence-electron chi connectivity index (χ3n) is 3.07. The summed E-state index contributed by atoms with van der Waals surface area (Å²) in [6.07, 6.45) is 0. The molecule has 0 saturated carbocycles. The molecule has 0 radical (unpaired) electrons. The number of fused-ring (bicyclic) bond motifs is 1. The standard InChI is InChI=1S/C13H14N6O/c14-7-9-3-1-2-4-10(9)8-15-11-5-6-12-16-17-13(20)19(12)18-11/h1-6H,7-8,14H2,(H,15,18)(H,17,20). The molecule has 0 amide bonds. The van der Waals surface area contributed by atoms with E-state index in [0.717, 1.165) is 11.1 Å². The van der Waals surface area contributed by atoms with E-state index in [1.807, 2.05) is 24.3 Å². The van der Waals surface area contributed by atoms with Crippen molar-refractivity contribution in [3.05, 3.63) is 58.0 Å². The van der Waals surface area contributed by atoms with Crippen LogP contribution in [0.2, 0.25) is 0 Å². The van der Waals surface area contributed by atoms with E-state index in [4.69, 9.17) is 5.73 Å². The largest absolute Gasteiger partial charge is 0.365 e. The highest BCUT2D eigenvalue weighted by Gasteiger charge is 2.04. The first-order valence-corrected chi connectivity index (χ1v) is 6.23. The predicted octanol–water partition coefficient (Wildman–Crippen LogP) is 0.488. The van der Waals surface area contributed by atoms with E-state index >= 15 is 0 Å². The first kappa shape index (κ1) is 12.4. The molecule has 3 rings (SSSR count). The van der Waals surface area contributed by atoms with Gasteiger partial charge in [-0.1, -0.05) is 24.3 Å². The molecular formula is C13H14N6O. The number of hydrogen-bond acceptors (Lipinski definition) is 5. The number of hydrogen-bond donors (Lipinski definition) is 3. The van der Waals surface area contributed by atoms with E-state index in [1.54, 1.807) is 12.1 Å². The summed E-state index contributed by atoms with van der Waals surface area (Å²) in [5.41, 5.74) is 8.02. The number of benzene rings is 1. The van der Waals surface area contributed by atoms with E-state index < -0.39 is 0 Å². The quantitative estimate of drug-likeness (QED) is 0.640. The first-order chi connectivity index (χ1) is 9.78. The highest BCUT2D eigenvalue weighted by atomic mass is 16.2. The Morgan fingerprint density at radius 2 is 2.00 bits per heavy atom. The fourth-order valence-corrected chi connectivity index (χ4v) is 2.01. The number of aromatic amines is 1. The van der Waals surface area contributed by atoms with Crippen LogP contribution < -0.4 is 16.7 Å². The summed E-state index contributed by atoms with van der Waals surface area (Å²) in [7, 11) is 0. The molecule has 0 bridgehead atoms.